The van der Waals surface area contributed by atoms with Gasteiger partial charge in [-0.2, -0.15) is 0 Å². The topological polar surface area (TPSA) is 0 Å². The summed E-state index contributed by atoms with van der Waals surface area (Å²) < 4.78 is 2.31. The second-order valence-corrected chi connectivity index (χ2v) is 10.8. The van der Waals surface area contributed by atoms with E-state index in [0.29, 0.717) is 0 Å². The number of hydrogen-bond acceptors (Lipinski definition) is 0. The van der Waals surface area contributed by atoms with Crippen LogP contribution in [0, 0.1) is 0 Å². The van der Waals surface area contributed by atoms with Crippen LogP contribution in [0.25, 0.3) is 53.9 Å². The molecule has 0 aliphatic heterocycles. The lowest BCUT2D eigenvalue weighted by Crippen LogP contribution is -2.13. The molecule has 0 unspecified atom stereocenters. The Morgan fingerprint density at radius 3 is 1.87 bits per heavy atom. The molecule has 0 bridgehead atoms. The Hall–Kier alpha value is -2.16. The Kier molecular flexibility index (Phi) is 3.83. The summed E-state index contributed by atoms with van der Waals surface area (Å²) in [6.07, 6.45) is 0. The Morgan fingerprint density at radius 1 is 0.533 bits per heavy atom. The quantitative estimate of drug-likeness (QED) is 0.139. The van der Waals surface area contributed by atoms with Crippen LogP contribution in [-0.4, -0.2) is 0 Å². The number of halogens is 2. The molecule has 0 aromatic heterocycles. The highest BCUT2D eigenvalue weighted by atomic mass is 79.9. The number of rotatable bonds is 0. The zero-order valence-electron chi connectivity index (χ0n) is 17.1. The molecule has 0 atom stereocenters. The third kappa shape index (κ3) is 2.32. The summed E-state index contributed by atoms with van der Waals surface area (Å²) in [5.74, 6) is 0. The SMILES string of the molecule is CC(C)(C)c1c(Br)c(Br)c2c3cccc4cc5ccccc5c(c5cccc1c52)c43. The van der Waals surface area contributed by atoms with Gasteiger partial charge in [0, 0.05) is 14.3 Å². The minimum Gasteiger partial charge on any atom is -0.0616 e. The normalized spacial score (nSPS) is 12.8. The van der Waals surface area contributed by atoms with Gasteiger partial charge in [0.2, 0.25) is 0 Å². The molecule has 0 fully saturated rings. The molecule has 30 heavy (non-hydrogen) atoms. The average Bonchev–Trinajstić information content (AvgIpc) is 2.72. The van der Waals surface area contributed by atoms with Crippen molar-refractivity contribution in [3.8, 4) is 0 Å². The lowest BCUT2D eigenvalue weighted by Gasteiger charge is -2.27. The molecule has 0 spiro atoms. The molecule has 0 aliphatic rings. The first-order valence-electron chi connectivity index (χ1n) is 10.3. The van der Waals surface area contributed by atoms with Gasteiger partial charge in [0.15, 0.2) is 0 Å². The Balaban J connectivity index is 2.07. The fourth-order valence-electron chi connectivity index (χ4n) is 5.28. The van der Waals surface area contributed by atoms with Gasteiger partial charge in [-0.05, 0) is 97.4 Å². The van der Waals surface area contributed by atoms with Crippen molar-refractivity contribution in [2.75, 3.05) is 0 Å². The first-order valence-corrected chi connectivity index (χ1v) is 11.9. The summed E-state index contributed by atoms with van der Waals surface area (Å²) in [5, 5.41) is 13.3. The van der Waals surface area contributed by atoms with E-state index < -0.39 is 0 Å². The maximum Gasteiger partial charge on any atom is 0.0405 e. The second kappa shape index (κ2) is 6.18. The first-order chi connectivity index (χ1) is 14.4. The van der Waals surface area contributed by atoms with Gasteiger partial charge in [0.1, 0.15) is 0 Å². The van der Waals surface area contributed by atoms with Gasteiger partial charge in [-0.25, -0.2) is 0 Å². The minimum absolute atomic E-state index is 0.0174. The zero-order valence-corrected chi connectivity index (χ0v) is 20.3. The maximum absolute atomic E-state index is 3.99. The van der Waals surface area contributed by atoms with Crippen LogP contribution in [0.2, 0.25) is 0 Å². The molecule has 0 radical (unpaired) electrons. The monoisotopic (exact) mass is 514 g/mol. The largest absolute Gasteiger partial charge is 0.0616 e. The Bertz CT molecular complexity index is 1630. The fraction of sp³-hybridized carbons (Fsp3) is 0.143. The predicted molar refractivity (Wildman–Crippen MR) is 139 cm³/mol. The van der Waals surface area contributed by atoms with Gasteiger partial charge in [-0.15, -0.1) is 0 Å². The molecule has 0 saturated heterocycles. The van der Waals surface area contributed by atoms with E-state index in [0.717, 1.165) is 8.95 Å². The summed E-state index contributed by atoms with van der Waals surface area (Å²) in [6.45, 7) is 6.88. The molecule has 6 aromatic rings. The van der Waals surface area contributed by atoms with E-state index in [1.54, 1.807) is 0 Å². The summed E-state index contributed by atoms with van der Waals surface area (Å²) >= 11 is 7.95. The molecule has 0 nitrogen and oxygen atoms in total. The molecule has 0 aliphatic carbocycles. The standard InChI is InChI=1S/C28H20Br2/c1-28(2,3)25-20-13-7-12-19-22-17-10-5-4-8-15(17)14-16-9-6-11-18(21(16)22)24(23(19)20)26(29)27(25)30/h4-14H,1-3H3. The van der Waals surface area contributed by atoms with Crippen LogP contribution in [0.5, 0.6) is 0 Å². The van der Waals surface area contributed by atoms with Gasteiger partial charge < -0.3 is 0 Å². The van der Waals surface area contributed by atoms with Crippen LogP contribution in [0.15, 0.2) is 75.7 Å². The van der Waals surface area contributed by atoms with E-state index in [-0.39, 0.29) is 5.41 Å². The van der Waals surface area contributed by atoms with E-state index >= 15 is 0 Å². The Morgan fingerprint density at radius 2 is 1.10 bits per heavy atom. The van der Waals surface area contributed by atoms with Gasteiger partial charge in [-0.1, -0.05) is 81.4 Å². The first kappa shape index (κ1) is 18.6. The van der Waals surface area contributed by atoms with Crippen LogP contribution in [0.3, 0.4) is 0 Å². The molecule has 0 heterocycles. The van der Waals surface area contributed by atoms with E-state index in [1.807, 2.05) is 0 Å². The zero-order chi connectivity index (χ0) is 20.8. The summed E-state index contributed by atoms with van der Waals surface area (Å²) in [4.78, 5) is 0. The third-order valence-corrected chi connectivity index (χ3v) is 8.51. The van der Waals surface area contributed by atoms with Crippen molar-refractivity contribution in [2.45, 2.75) is 26.2 Å². The highest BCUT2D eigenvalue weighted by molar-refractivity contribution is 9.13. The summed E-state index contributed by atoms with van der Waals surface area (Å²) in [6, 6.07) is 24.6. The van der Waals surface area contributed by atoms with Crippen LogP contribution in [-0.2, 0) is 5.41 Å². The third-order valence-electron chi connectivity index (χ3n) is 6.39. The smallest absolute Gasteiger partial charge is 0.0405 e. The van der Waals surface area contributed by atoms with Crippen LogP contribution in [0.1, 0.15) is 26.3 Å². The van der Waals surface area contributed by atoms with Crippen molar-refractivity contribution in [3.63, 3.8) is 0 Å². The van der Waals surface area contributed by atoms with Gasteiger partial charge in [0.05, 0.1) is 0 Å². The molecule has 0 amide bonds. The van der Waals surface area contributed by atoms with Crippen molar-refractivity contribution < 1.29 is 0 Å². The molecular weight excluding hydrogens is 496 g/mol. The highest BCUT2D eigenvalue weighted by Gasteiger charge is 2.26. The lowest BCUT2D eigenvalue weighted by molar-refractivity contribution is 0.593. The van der Waals surface area contributed by atoms with Gasteiger partial charge in [-0.3, -0.25) is 0 Å². The predicted octanol–water partition coefficient (Wildman–Crippen LogP) is 9.71. The van der Waals surface area contributed by atoms with E-state index in [2.05, 4.69) is 119 Å². The molecule has 0 N–H and O–H groups in total. The van der Waals surface area contributed by atoms with Crippen molar-refractivity contribution in [3.05, 3.63) is 81.2 Å². The average molecular weight is 516 g/mol. The number of fused-ring (bicyclic) bond motifs is 4. The van der Waals surface area contributed by atoms with Gasteiger partial charge in [0.25, 0.3) is 0 Å². The van der Waals surface area contributed by atoms with Crippen molar-refractivity contribution in [1.82, 2.24) is 0 Å². The van der Waals surface area contributed by atoms with E-state index in [9.17, 15) is 0 Å². The van der Waals surface area contributed by atoms with Gasteiger partial charge >= 0.3 is 0 Å². The molecule has 146 valence electrons. The van der Waals surface area contributed by atoms with E-state index in [1.165, 1.54) is 59.4 Å². The highest BCUT2D eigenvalue weighted by Crippen LogP contribution is 2.50. The summed E-state index contributed by atoms with van der Waals surface area (Å²) in [5.41, 5.74) is 1.37. The van der Waals surface area contributed by atoms with E-state index in [4.69, 9.17) is 0 Å². The van der Waals surface area contributed by atoms with Crippen molar-refractivity contribution in [1.29, 1.82) is 0 Å². The second-order valence-electron chi connectivity index (χ2n) is 9.23. The number of hydrogen-bond donors (Lipinski definition) is 0. The van der Waals surface area contributed by atoms with Crippen LogP contribution in [0.4, 0.5) is 0 Å². The molecule has 6 rings (SSSR count). The fourth-order valence-corrected chi connectivity index (χ4v) is 6.90. The van der Waals surface area contributed by atoms with Crippen molar-refractivity contribution >= 4 is 85.7 Å². The molecule has 6 aromatic carbocycles. The summed E-state index contributed by atoms with van der Waals surface area (Å²) in [7, 11) is 0. The maximum atomic E-state index is 3.99. The van der Waals surface area contributed by atoms with Crippen molar-refractivity contribution in [2.24, 2.45) is 0 Å². The van der Waals surface area contributed by atoms with Crippen LogP contribution < -0.4 is 0 Å². The number of benzene rings is 6. The molecule has 2 heteroatoms. The molecule has 0 saturated carbocycles. The lowest BCUT2D eigenvalue weighted by atomic mass is 9.80. The molecular formula is C28H20Br2. The minimum atomic E-state index is 0.0174. The Labute approximate surface area is 192 Å². The van der Waals surface area contributed by atoms with Crippen LogP contribution >= 0.6 is 31.9 Å².